The number of benzene rings is 2. The minimum Gasteiger partial charge on any atom is -0.326 e. The van der Waals surface area contributed by atoms with Gasteiger partial charge in [0.05, 0.1) is 15.9 Å². The Morgan fingerprint density at radius 3 is 2.52 bits per heavy atom. The summed E-state index contributed by atoms with van der Waals surface area (Å²) in [7, 11) is -3.38. The Hall–Kier alpha value is -2.39. The number of sulfone groups is 1. The van der Waals surface area contributed by atoms with E-state index in [4.69, 9.17) is 5.73 Å². The van der Waals surface area contributed by atoms with Crippen molar-refractivity contribution in [1.29, 1.82) is 0 Å². The molecule has 4 rings (SSSR count). The van der Waals surface area contributed by atoms with Crippen LogP contribution >= 0.6 is 0 Å². The molecule has 2 heterocycles. The first-order chi connectivity index (χ1) is 12.6. The molecule has 1 aliphatic rings. The quantitative estimate of drug-likeness (QED) is 0.677. The van der Waals surface area contributed by atoms with Gasteiger partial charge in [-0.1, -0.05) is 0 Å². The van der Waals surface area contributed by atoms with Gasteiger partial charge in [0.1, 0.15) is 11.6 Å². The Morgan fingerprint density at radius 1 is 1.11 bits per heavy atom. The first-order valence-electron chi connectivity index (χ1n) is 8.24. The Morgan fingerprint density at radius 2 is 1.81 bits per heavy atom. The lowest BCUT2D eigenvalue weighted by Gasteiger charge is -2.30. The summed E-state index contributed by atoms with van der Waals surface area (Å²) in [5, 5.41) is 0. The number of rotatable bonds is 2. The van der Waals surface area contributed by atoms with Gasteiger partial charge in [0.15, 0.2) is 21.5 Å². The molecule has 2 aromatic carbocycles. The molecule has 5 nitrogen and oxygen atoms in total. The van der Waals surface area contributed by atoms with E-state index in [0.717, 1.165) is 17.8 Å². The lowest BCUT2D eigenvalue weighted by atomic mass is 9.86. The van der Waals surface area contributed by atoms with E-state index in [1.54, 1.807) is 6.07 Å². The summed E-state index contributed by atoms with van der Waals surface area (Å²) in [6.45, 7) is 0.299. The lowest BCUT2D eigenvalue weighted by molar-refractivity contribution is 0.392. The second kappa shape index (κ2) is 6.07. The summed E-state index contributed by atoms with van der Waals surface area (Å²) in [4.78, 5) is 4.61. The maximum absolute atomic E-state index is 14.2. The van der Waals surface area contributed by atoms with Gasteiger partial charge >= 0.3 is 0 Å². The number of nitrogens with zero attached hydrogens (tertiary/aromatic N) is 2. The Balaban J connectivity index is 1.79. The fourth-order valence-electron chi connectivity index (χ4n) is 3.60. The second-order valence-electron chi connectivity index (χ2n) is 6.82. The maximum Gasteiger partial charge on any atom is 0.175 e. The van der Waals surface area contributed by atoms with E-state index in [2.05, 4.69) is 4.98 Å². The SMILES string of the molecule is CS(=O)(=O)c1ccc2c(c1)nc1n2CC(N)[C@@H](c2cc(F)c(F)cc2F)C1. The Labute approximate surface area is 153 Å². The van der Waals surface area contributed by atoms with Crippen LogP contribution in [0.1, 0.15) is 17.3 Å². The third-order valence-corrected chi connectivity index (χ3v) is 6.09. The van der Waals surface area contributed by atoms with Crippen LogP contribution in [0.3, 0.4) is 0 Å². The average Bonchev–Trinajstić information content (AvgIpc) is 2.93. The fourth-order valence-corrected chi connectivity index (χ4v) is 4.24. The second-order valence-corrected chi connectivity index (χ2v) is 8.84. The van der Waals surface area contributed by atoms with Crippen LogP contribution in [0.25, 0.3) is 11.0 Å². The summed E-state index contributed by atoms with van der Waals surface area (Å²) in [6, 6.07) is 5.47. The van der Waals surface area contributed by atoms with Crippen LogP contribution in [0, 0.1) is 17.5 Å². The highest BCUT2D eigenvalue weighted by Crippen LogP contribution is 2.33. The van der Waals surface area contributed by atoms with Gasteiger partial charge in [-0.2, -0.15) is 0 Å². The molecule has 0 bridgehead atoms. The molecule has 0 spiro atoms. The zero-order valence-corrected chi connectivity index (χ0v) is 15.1. The Kier molecular flexibility index (Phi) is 4.04. The number of fused-ring (bicyclic) bond motifs is 3. The number of hydrogen-bond acceptors (Lipinski definition) is 4. The molecule has 0 saturated carbocycles. The standard InChI is InChI=1S/C18H16F3N3O2S/c1-27(25,26)9-2-3-17-16(4-9)23-18-6-11(15(22)8-24(17)18)10-5-13(20)14(21)7-12(10)19/h2-5,7,11,15H,6,8,22H2,1H3/t11-,15?/m1/s1. The van der Waals surface area contributed by atoms with Crippen molar-refractivity contribution in [3.8, 4) is 0 Å². The van der Waals surface area contributed by atoms with Gasteiger partial charge in [-0.15, -0.1) is 0 Å². The van der Waals surface area contributed by atoms with E-state index in [9.17, 15) is 21.6 Å². The topological polar surface area (TPSA) is 78.0 Å². The molecule has 2 atom stereocenters. The number of aromatic nitrogens is 2. The first-order valence-corrected chi connectivity index (χ1v) is 10.1. The highest BCUT2D eigenvalue weighted by molar-refractivity contribution is 7.90. The van der Waals surface area contributed by atoms with Crippen molar-refractivity contribution in [2.45, 2.75) is 29.8 Å². The molecule has 3 aromatic rings. The van der Waals surface area contributed by atoms with Crippen molar-refractivity contribution in [3.63, 3.8) is 0 Å². The van der Waals surface area contributed by atoms with Crippen molar-refractivity contribution >= 4 is 20.9 Å². The smallest absolute Gasteiger partial charge is 0.175 e. The minimum absolute atomic E-state index is 0.0107. The van der Waals surface area contributed by atoms with Gasteiger partial charge in [-0.05, 0) is 29.8 Å². The van der Waals surface area contributed by atoms with Crippen molar-refractivity contribution in [3.05, 3.63) is 59.2 Å². The van der Waals surface area contributed by atoms with Gasteiger partial charge in [0.2, 0.25) is 0 Å². The van der Waals surface area contributed by atoms with Crippen molar-refractivity contribution < 1.29 is 21.6 Å². The van der Waals surface area contributed by atoms with Crippen LogP contribution in [0.4, 0.5) is 13.2 Å². The van der Waals surface area contributed by atoms with E-state index in [1.807, 2.05) is 4.57 Å². The normalized spacial score (nSPS) is 20.0. The number of hydrogen-bond donors (Lipinski definition) is 1. The van der Waals surface area contributed by atoms with Crippen LogP contribution in [0.5, 0.6) is 0 Å². The summed E-state index contributed by atoms with van der Waals surface area (Å²) in [5.74, 6) is -3.21. The molecule has 0 fully saturated rings. The highest BCUT2D eigenvalue weighted by atomic mass is 32.2. The minimum atomic E-state index is -3.38. The zero-order chi connectivity index (χ0) is 19.5. The molecule has 0 radical (unpaired) electrons. The third-order valence-electron chi connectivity index (χ3n) is 4.98. The van der Waals surface area contributed by atoms with Crippen LogP contribution in [0.2, 0.25) is 0 Å². The third kappa shape index (κ3) is 3.00. The van der Waals surface area contributed by atoms with Crippen LogP contribution in [-0.4, -0.2) is 30.3 Å². The molecule has 1 aromatic heterocycles. The van der Waals surface area contributed by atoms with Gasteiger partial charge in [0.25, 0.3) is 0 Å². The molecule has 0 saturated heterocycles. The van der Waals surface area contributed by atoms with E-state index < -0.39 is 39.2 Å². The maximum atomic E-state index is 14.2. The van der Waals surface area contributed by atoms with Gasteiger partial charge in [-0.3, -0.25) is 0 Å². The summed E-state index contributed by atoms with van der Waals surface area (Å²) in [5.41, 5.74) is 7.43. The molecule has 27 heavy (non-hydrogen) atoms. The van der Waals surface area contributed by atoms with Crippen LogP contribution in [0.15, 0.2) is 35.2 Å². The summed E-state index contributed by atoms with van der Waals surface area (Å²) >= 11 is 0. The van der Waals surface area contributed by atoms with Crippen molar-refractivity contribution in [1.82, 2.24) is 9.55 Å². The molecule has 0 amide bonds. The predicted molar refractivity (Wildman–Crippen MR) is 93.6 cm³/mol. The van der Waals surface area contributed by atoms with Gasteiger partial charge < -0.3 is 10.3 Å². The van der Waals surface area contributed by atoms with E-state index >= 15 is 0 Å². The molecular formula is C18H16F3N3O2S. The largest absolute Gasteiger partial charge is 0.326 e. The first kappa shape index (κ1) is 18.0. The number of imidazole rings is 1. The molecule has 142 valence electrons. The van der Waals surface area contributed by atoms with Crippen LogP contribution in [-0.2, 0) is 22.8 Å². The summed E-state index contributed by atoms with van der Waals surface area (Å²) < 4.78 is 66.4. The van der Waals surface area contributed by atoms with Gasteiger partial charge in [-0.25, -0.2) is 26.6 Å². The van der Waals surface area contributed by atoms with E-state index in [0.29, 0.717) is 24.0 Å². The number of nitrogens with two attached hydrogens (primary N) is 1. The predicted octanol–water partition coefficient (Wildman–Crippen LogP) is 2.52. The molecule has 0 aliphatic carbocycles. The molecule has 2 N–H and O–H groups in total. The summed E-state index contributed by atoms with van der Waals surface area (Å²) in [6.07, 6.45) is 1.34. The van der Waals surface area contributed by atoms with Gasteiger partial charge in [0, 0.05) is 37.2 Å². The van der Waals surface area contributed by atoms with Crippen molar-refractivity contribution in [2.75, 3.05) is 6.26 Å². The lowest BCUT2D eigenvalue weighted by Crippen LogP contribution is -2.39. The molecule has 1 aliphatic heterocycles. The number of halogens is 3. The van der Waals surface area contributed by atoms with E-state index in [-0.39, 0.29) is 16.9 Å². The highest BCUT2D eigenvalue weighted by Gasteiger charge is 2.32. The molecule has 9 heteroatoms. The molecular weight excluding hydrogens is 379 g/mol. The monoisotopic (exact) mass is 395 g/mol. The zero-order valence-electron chi connectivity index (χ0n) is 14.3. The fraction of sp³-hybridized carbons (Fsp3) is 0.278. The Bertz CT molecular complexity index is 1170. The average molecular weight is 395 g/mol. The van der Waals surface area contributed by atoms with Crippen molar-refractivity contribution in [2.24, 2.45) is 5.73 Å². The molecule has 1 unspecified atom stereocenters. The van der Waals surface area contributed by atoms with E-state index in [1.165, 1.54) is 12.1 Å². The van der Waals surface area contributed by atoms with Crippen LogP contribution < -0.4 is 5.73 Å².